The predicted molar refractivity (Wildman–Crippen MR) is 56.2 cm³/mol. The first-order valence-electron chi connectivity index (χ1n) is 5.24. The van der Waals surface area contributed by atoms with Crippen molar-refractivity contribution >= 4 is 11.9 Å². The molecule has 88 valence electrons. The molecule has 4 heteroatoms. The fourth-order valence-corrected chi connectivity index (χ4v) is 1.51. The molecule has 0 saturated carbocycles. The highest BCUT2D eigenvalue weighted by molar-refractivity contribution is 5.95. The predicted octanol–water partition coefficient (Wildman–Crippen LogP) is 1.77. The van der Waals surface area contributed by atoms with E-state index in [9.17, 15) is 9.59 Å². The highest BCUT2D eigenvalue weighted by atomic mass is 16.5. The van der Waals surface area contributed by atoms with E-state index in [0.717, 1.165) is 19.3 Å². The number of methoxy groups -OCH3 is 2. The van der Waals surface area contributed by atoms with Crippen molar-refractivity contribution in [3.8, 4) is 0 Å². The van der Waals surface area contributed by atoms with Crippen molar-refractivity contribution in [2.24, 2.45) is 11.8 Å². The molecule has 0 heterocycles. The van der Waals surface area contributed by atoms with Gasteiger partial charge in [0, 0.05) is 0 Å². The molecule has 0 aromatic heterocycles. The van der Waals surface area contributed by atoms with Gasteiger partial charge in [-0.25, -0.2) is 0 Å². The van der Waals surface area contributed by atoms with Crippen molar-refractivity contribution in [2.75, 3.05) is 14.2 Å². The Morgan fingerprint density at radius 2 is 1.60 bits per heavy atom. The lowest BCUT2D eigenvalue weighted by atomic mass is 9.89. The zero-order valence-corrected chi connectivity index (χ0v) is 9.91. The average molecular weight is 216 g/mol. The second-order valence-electron chi connectivity index (χ2n) is 3.64. The Morgan fingerprint density at radius 3 is 1.93 bits per heavy atom. The smallest absolute Gasteiger partial charge is 0.320 e. The summed E-state index contributed by atoms with van der Waals surface area (Å²) in [6, 6.07) is 0. The zero-order chi connectivity index (χ0) is 11.8. The summed E-state index contributed by atoms with van der Waals surface area (Å²) in [7, 11) is 2.57. The van der Waals surface area contributed by atoms with Crippen LogP contribution < -0.4 is 0 Å². The second kappa shape index (κ2) is 7.26. The van der Waals surface area contributed by atoms with Gasteiger partial charge < -0.3 is 9.47 Å². The lowest BCUT2D eigenvalue weighted by Gasteiger charge is -2.19. The number of carbonyl (C=O) groups is 2. The van der Waals surface area contributed by atoms with E-state index >= 15 is 0 Å². The van der Waals surface area contributed by atoms with Gasteiger partial charge in [0.05, 0.1) is 14.2 Å². The Morgan fingerprint density at radius 1 is 1.13 bits per heavy atom. The molecule has 0 rings (SSSR count). The molecule has 15 heavy (non-hydrogen) atoms. The molecule has 0 fully saturated rings. The SMILES string of the molecule is CCCC[C@H](C)C(C(=O)OC)C(=O)OC. The highest BCUT2D eigenvalue weighted by Gasteiger charge is 2.33. The van der Waals surface area contributed by atoms with Gasteiger partial charge in [-0.15, -0.1) is 0 Å². The standard InChI is InChI=1S/C11H20O4/c1-5-6-7-8(2)9(10(12)14-3)11(13)15-4/h8-9H,5-7H2,1-4H3/t8-/m0/s1. The van der Waals surface area contributed by atoms with E-state index in [4.69, 9.17) is 0 Å². The van der Waals surface area contributed by atoms with Crippen LogP contribution in [0.25, 0.3) is 0 Å². The molecule has 0 N–H and O–H groups in total. The van der Waals surface area contributed by atoms with E-state index in [-0.39, 0.29) is 5.92 Å². The largest absolute Gasteiger partial charge is 0.468 e. The molecule has 0 radical (unpaired) electrons. The van der Waals surface area contributed by atoms with Crippen LogP contribution in [0.2, 0.25) is 0 Å². The number of carbonyl (C=O) groups excluding carboxylic acids is 2. The minimum Gasteiger partial charge on any atom is -0.468 e. The number of ether oxygens (including phenoxy) is 2. The molecule has 1 atom stereocenters. The maximum Gasteiger partial charge on any atom is 0.320 e. The number of rotatable bonds is 6. The minimum atomic E-state index is -0.786. The number of unbranched alkanes of at least 4 members (excludes halogenated alkanes) is 1. The first-order valence-corrected chi connectivity index (χ1v) is 5.24. The van der Waals surface area contributed by atoms with Crippen LogP contribution in [0.3, 0.4) is 0 Å². The normalized spacial score (nSPS) is 12.3. The van der Waals surface area contributed by atoms with Crippen LogP contribution in [0.5, 0.6) is 0 Å². The summed E-state index contributed by atoms with van der Waals surface area (Å²) in [5, 5.41) is 0. The topological polar surface area (TPSA) is 52.6 Å². The molecule has 0 amide bonds. The van der Waals surface area contributed by atoms with E-state index in [0.29, 0.717) is 0 Å². The Labute approximate surface area is 90.9 Å². The monoisotopic (exact) mass is 216 g/mol. The molecule has 0 spiro atoms. The third-order valence-electron chi connectivity index (χ3n) is 2.49. The van der Waals surface area contributed by atoms with Crippen LogP contribution in [0, 0.1) is 11.8 Å². The van der Waals surface area contributed by atoms with Crippen LogP contribution in [-0.4, -0.2) is 26.2 Å². The number of esters is 2. The average Bonchev–Trinajstić information content (AvgIpc) is 2.25. The van der Waals surface area contributed by atoms with E-state index < -0.39 is 17.9 Å². The van der Waals surface area contributed by atoms with Gasteiger partial charge in [0.25, 0.3) is 0 Å². The van der Waals surface area contributed by atoms with Gasteiger partial charge >= 0.3 is 11.9 Å². The lowest BCUT2D eigenvalue weighted by molar-refractivity contribution is -0.161. The fraction of sp³-hybridized carbons (Fsp3) is 0.818. The van der Waals surface area contributed by atoms with Gasteiger partial charge in [-0.1, -0.05) is 26.7 Å². The lowest BCUT2D eigenvalue weighted by Crippen LogP contribution is -2.32. The molecular formula is C11H20O4. The zero-order valence-electron chi connectivity index (χ0n) is 9.91. The summed E-state index contributed by atoms with van der Waals surface area (Å²) in [6.45, 7) is 3.94. The van der Waals surface area contributed by atoms with E-state index in [1.807, 2.05) is 6.92 Å². The third kappa shape index (κ3) is 4.32. The van der Waals surface area contributed by atoms with Gasteiger partial charge in [-0.3, -0.25) is 9.59 Å². The second-order valence-corrected chi connectivity index (χ2v) is 3.64. The van der Waals surface area contributed by atoms with Crippen LogP contribution in [0.4, 0.5) is 0 Å². The number of hydrogen-bond donors (Lipinski definition) is 0. The van der Waals surface area contributed by atoms with Crippen molar-refractivity contribution in [1.82, 2.24) is 0 Å². The van der Waals surface area contributed by atoms with Crippen molar-refractivity contribution in [3.05, 3.63) is 0 Å². The Kier molecular flexibility index (Phi) is 6.75. The first kappa shape index (κ1) is 13.9. The summed E-state index contributed by atoms with van der Waals surface area (Å²) in [5.41, 5.74) is 0. The van der Waals surface area contributed by atoms with Crippen LogP contribution in [0.1, 0.15) is 33.1 Å². The van der Waals surface area contributed by atoms with Crippen molar-refractivity contribution < 1.29 is 19.1 Å². The highest BCUT2D eigenvalue weighted by Crippen LogP contribution is 2.20. The van der Waals surface area contributed by atoms with E-state index in [1.165, 1.54) is 14.2 Å². The van der Waals surface area contributed by atoms with Gasteiger partial charge in [-0.2, -0.15) is 0 Å². The molecule has 0 aromatic rings. The molecule has 0 aliphatic rings. The fourth-order valence-electron chi connectivity index (χ4n) is 1.51. The van der Waals surface area contributed by atoms with Crippen LogP contribution >= 0.6 is 0 Å². The summed E-state index contributed by atoms with van der Waals surface area (Å²) in [6.07, 6.45) is 2.86. The molecular weight excluding hydrogens is 196 g/mol. The molecule has 4 nitrogen and oxygen atoms in total. The number of hydrogen-bond acceptors (Lipinski definition) is 4. The molecule has 0 aliphatic carbocycles. The Balaban J connectivity index is 4.47. The third-order valence-corrected chi connectivity index (χ3v) is 2.49. The first-order chi connectivity index (χ1) is 7.08. The Bertz CT molecular complexity index is 197. The van der Waals surface area contributed by atoms with Gasteiger partial charge in [-0.05, 0) is 12.3 Å². The van der Waals surface area contributed by atoms with E-state index in [1.54, 1.807) is 0 Å². The van der Waals surface area contributed by atoms with Crippen LogP contribution in [0.15, 0.2) is 0 Å². The summed E-state index contributed by atoms with van der Waals surface area (Å²) in [4.78, 5) is 22.8. The van der Waals surface area contributed by atoms with Crippen molar-refractivity contribution in [2.45, 2.75) is 33.1 Å². The van der Waals surface area contributed by atoms with Gasteiger partial charge in [0.15, 0.2) is 5.92 Å². The molecule has 0 unspecified atom stereocenters. The molecule has 0 saturated heterocycles. The van der Waals surface area contributed by atoms with Crippen molar-refractivity contribution in [3.63, 3.8) is 0 Å². The summed E-state index contributed by atoms with van der Waals surface area (Å²) in [5.74, 6) is -1.84. The quantitative estimate of drug-likeness (QED) is 0.501. The maximum atomic E-state index is 11.4. The van der Waals surface area contributed by atoms with E-state index in [2.05, 4.69) is 16.4 Å². The maximum absolute atomic E-state index is 11.4. The van der Waals surface area contributed by atoms with Gasteiger partial charge in [0.2, 0.25) is 0 Å². The summed E-state index contributed by atoms with van der Waals surface area (Å²) < 4.78 is 9.19. The minimum absolute atomic E-state index is 0.0372. The molecule has 0 aliphatic heterocycles. The van der Waals surface area contributed by atoms with Crippen molar-refractivity contribution in [1.29, 1.82) is 0 Å². The molecule has 0 aromatic carbocycles. The molecule has 0 bridgehead atoms. The van der Waals surface area contributed by atoms with Gasteiger partial charge in [0.1, 0.15) is 0 Å². The summed E-state index contributed by atoms with van der Waals surface area (Å²) >= 11 is 0. The Hall–Kier alpha value is -1.06. The van der Waals surface area contributed by atoms with Crippen LogP contribution in [-0.2, 0) is 19.1 Å².